The molecule has 2 aliphatic heterocycles. The smallest absolute Gasteiger partial charge is 0.305 e. The van der Waals surface area contributed by atoms with Crippen LogP contribution >= 0.6 is 0 Å². The van der Waals surface area contributed by atoms with E-state index in [4.69, 9.17) is 5.11 Å². The summed E-state index contributed by atoms with van der Waals surface area (Å²) in [6, 6.07) is 0. The Labute approximate surface area is 115 Å². The third-order valence-corrected chi connectivity index (χ3v) is 3.22. The summed E-state index contributed by atoms with van der Waals surface area (Å²) in [5.74, 6) is -1.33. The lowest BCUT2D eigenvalue weighted by Crippen LogP contribution is -2.60. The maximum Gasteiger partial charge on any atom is 0.305 e. The highest BCUT2D eigenvalue weighted by molar-refractivity contribution is 6.09. The number of nitrogens with zero attached hydrogens (tertiary/aromatic N) is 2. The fourth-order valence-corrected chi connectivity index (χ4v) is 2.15. The first-order valence-corrected chi connectivity index (χ1v) is 6.19. The Hall–Kier alpha value is -2.44. The van der Waals surface area contributed by atoms with E-state index in [0.29, 0.717) is 5.84 Å². The predicted octanol–water partition coefficient (Wildman–Crippen LogP) is 0.0503. The van der Waals surface area contributed by atoms with Crippen LogP contribution in [-0.2, 0) is 14.4 Å². The van der Waals surface area contributed by atoms with Crippen LogP contribution in [0, 0.1) is 0 Å². The lowest BCUT2D eigenvalue weighted by atomic mass is 9.91. The van der Waals surface area contributed by atoms with Crippen LogP contribution in [0.25, 0.3) is 0 Å². The number of nitrogens with one attached hydrogen (secondary N) is 1. The first-order chi connectivity index (χ1) is 9.43. The Morgan fingerprint density at radius 2 is 2.25 bits per heavy atom. The minimum atomic E-state index is -1.09. The molecule has 0 bridgehead atoms. The van der Waals surface area contributed by atoms with E-state index in [-0.39, 0.29) is 31.2 Å². The Morgan fingerprint density at radius 3 is 2.95 bits per heavy atom. The number of hydrogen-bond donors (Lipinski definition) is 2. The van der Waals surface area contributed by atoms with Crippen molar-refractivity contribution in [1.82, 2.24) is 10.2 Å². The molecule has 0 spiro atoms. The summed E-state index contributed by atoms with van der Waals surface area (Å²) < 4.78 is 0. The molecule has 20 heavy (non-hydrogen) atoms. The van der Waals surface area contributed by atoms with Crippen LogP contribution < -0.4 is 5.32 Å². The minimum Gasteiger partial charge on any atom is -0.481 e. The van der Waals surface area contributed by atoms with E-state index in [2.05, 4.69) is 10.3 Å². The molecule has 0 aromatic rings. The molecule has 0 radical (unpaired) electrons. The molecule has 106 valence electrons. The molecule has 1 atom stereocenters. The Bertz CT molecular complexity index is 550. The van der Waals surface area contributed by atoms with Crippen molar-refractivity contribution in [1.29, 1.82) is 0 Å². The Morgan fingerprint density at radius 1 is 1.50 bits per heavy atom. The quantitative estimate of drug-likeness (QED) is 0.756. The number of amidine groups is 1. The average Bonchev–Trinajstić information content (AvgIpc) is 2.37. The lowest BCUT2D eigenvalue weighted by molar-refractivity contribution is -0.138. The summed E-state index contributed by atoms with van der Waals surface area (Å²) in [6.45, 7) is 1.66. The number of fused-ring (bicyclic) bond motifs is 1. The summed E-state index contributed by atoms with van der Waals surface area (Å²) in [4.78, 5) is 39.9. The van der Waals surface area contributed by atoms with Gasteiger partial charge in [0.1, 0.15) is 11.4 Å². The van der Waals surface area contributed by atoms with Gasteiger partial charge in [0.25, 0.3) is 5.91 Å². The van der Waals surface area contributed by atoms with Gasteiger partial charge in [0.05, 0.1) is 12.8 Å². The number of carbonyl (C=O) groups excluding carboxylic acids is 2. The van der Waals surface area contributed by atoms with E-state index in [9.17, 15) is 14.4 Å². The first kappa shape index (κ1) is 14.0. The van der Waals surface area contributed by atoms with Crippen molar-refractivity contribution in [2.45, 2.75) is 25.3 Å². The molecule has 0 saturated heterocycles. The average molecular weight is 277 g/mol. The maximum atomic E-state index is 12.3. The first-order valence-electron chi connectivity index (χ1n) is 6.19. The van der Waals surface area contributed by atoms with Crippen molar-refractivity contribution in [2.24, 2.45) is 4.99 Å². The lowest BCUT2D eigenvalue weighted by Gasteiger charge is -2.41. The largest absolute Gasteiger partial charge is 0.481 e. The monoisotopic (exact) mass is 277 g/mol. The number of amides is 2. The van der Waals surface area contributed by atoms with Crippen LogP contribution in [0.5, 0.6) is 0 Å². The Kier molecular flexibility index (Phi) is 3.69. The molecule has 0 aromatic carbocycles. The Balaban J connectivity index is 2.16. The molecule has 2 amide bonds. The van der Waals surface area contributed by atoms with Gasteiger partial charge in [-0.15, -0.1) is 0 Å². The van der Waals surface area contributed by atoms with Gasteiger partial charge in [0.2, 0.25) is 5.91 Å². The summed E-state index contributed by atoms with van der Waals surface area (Å²) in [5.41, 5.74) is -1.09. The van der Waals surface area contributed by atoms with Crippen LogP contribution in [0.1, 0.15) is 19.8 Å². The van der Waals surface area contributed by atoms with Gasteiger partial charge >= 0.3 is 5.97 Å². The zero-order valence-electron chi connectivity index (χ0n) is 11.0. The number of rotatable bonds is 4. The molecular weight excluding hydrogens is 262 g/mol. The van der Waals surface area contributed by atoms with Gasteiger partial charge in [-0.2, -0.15) is 4.99 Å². The van der Waals surface area contributed by atoms with Crippen LogP contribution in [0.15, 0.2) is 29.4 Å². The van der Waals surface area contributed by atoms with Crippen molar-refractivity contribution in [3.8, 4) is 0 Å². The number of aliphatic imine (C=N–C) groups is 1. The van der Waals surface area contributed by atoms with E-state index >= 15 is 0 Å². The molecular formula is C13H15N3O4. The van der Waals surface area contributed by atoms with Crippen molar-refractivity contribution in [3.05, 3.63) is 24.4 Å². The highest BCUT2D eigenvalue weighted by Gasteiger charge is 2.44. The number of allylic oxidation sites excluding steroid dienone is 2. The fraction of sp³-hybridized carbons (Fsp3) is 0.385. The number of carboxylic acid groups (broad SMARTS) is 1. The normalized spacial score (nSPS) is 24.1. The molecule has 7 heteroatoms. The molecule has 0 aliphatic carbocycles. The number of carbonyl (C=O) groups is 3. The maximum absolute atomic E-state index is 12.3. The summed E-state index contributed by atoms with van der Waals surface area (Å²) in [6.07, 6.45) is 6.61. The molecule has 2 N–H and O–H groups in total. The van der Waals surface area contributed by atoms with Crippen LogP contribution in [0.3, 0.4) is 0 Å². The van der Waals surface area contributed by atoms with Crippen molar-refractivity contribution in [3.63, 3.8) is 0 Å². The highest BCUT2D eigenvalue weighted by atomic mass is 16.4. The van der Waals surface area contributed by atoms with E-state index < -0.39 is 11.5 Å². The van der Waals surface area contributed by atoms with Gasteiger partial charge in [-0.25, -0.2) is 0 Å². The number of aliphatic carboxylic acids is 1. The molecule has 7 nitrogen and oxygen atoms in total. The second-order valence-corrected chi connectivity index (χ2v) is 4.78. The van der Waals surface area contributed by atoms with Crippen molar-refractivity contribution >= 4 is 23.6 Å². The minimum absolute atomic E-state index is 0.0256. The fourth-order valence-electron chi connectivity index (χ4n) is 2.15. The number of carboxylic acids is 1. The number of hydrogen-bond acceptors (Lipinski definition) is 4. The highest BCUT2D eigenvalue weighted by Crippen LogP contribution is 2.27. The van der Waals surface area contributed by atoms with E-state index in [1.165, 1.54) is 0 Å². The summed E-state index contributed by atoms with van der Waals surface area (Å²) in [7, 11) is 0. The SMILES string of the molecule is CC1(C(=O)NCCC(=O)O)CC(=O)N=C2C=CC=CN21. The van der Waals surface area contributed by atoms with Crippen molar-refractivity contribution in [2.75, 3.05) is 6.54 Å². The zero-order valence-corrected chi connectivity index (χ0v) is 11.0. The standard InChI is InChI=1S/C13H15N3O4/c1-13(12(20)14-6-5-11(18)19)8-10(17)15-9-4-2-3-7-16(9)13/h2-4,7H,5-6,8H2,1H3,(H,14,20)(H,18,19). The van der Waals surface area contributed by atoms with E-state index in [0.717, 1.165) is 0 Å². The van der Waals surface area contributed by atoms with Gasteiger partial charge in [-0.05, 0) is 19.1 Å². The van der Waals surface area contributed by atoms with Gasteiger partial charge in [-0.1, -0.05) is 6.08 Å². The topological polar surface area (TPSA) is 99.1 Å². The van der Waals surface area contributed by atoms with Crippen LogP contribution in [0.4, 0.5) is 0 Å². The zero-order chi connectivity index (χ0) is 14.8. The predicted molar refractivity (Wildman–Crippen MR) is 70.8 cm³/mol. The third kappa shape index (κ3) is 2.61. The van der Waals surface area contributed by atoms with Gasteiger partial charge in [0, 0.05) is 12.7 Å². The van der Waals surface area contributed by atoms with Gasteiger partial charge in [-0.3, -0.25) is 14.4 Å². The second kappa shape index (κ2) is 5.28. The molecule has 2 aliphatic rings. The van der Waals surface area contributed by atoms with Gasteiger partial charge < -0.3 is 15.3 Å². The van der Waals surface area contributed by atoms with Gasteiger partial charge in [0.15, 0.2) is 0 Å². The molecule has 2 rings (SSSR count). The molecule has 0 aromatic heterocycles. The van der Waals surface area contributed by atoms with Crippen LogP contribution in [-0.4, -0.2) is 45.7 Å². The van der Waals surface area contributed by atoms with Crippen molar-refractivity contribution < 1.29 is 19.5 Å². The molecule has 1 unspecified atom stereocenters. The van der Waals surface area contributed by atoms with E-state index in [1.807, 2.05) is 0 Å². The molecule has 0 saturated carbocycles. The van der Waals surface area contributed by atoms with E-state index in [1.54, 1.807) is 36.3 Å². The third-order valence-electron chi connectivity index (χ3n) is 3.22. The summed E-state index contributed by atoms with van der Waals surface area (Å²) in [5, 5.41) is 11.1. The molecule has 0 fully saturated rings. The van der Waals surface area contributed by atoms with Crippen LogP contribution in [0.2, 0.25) is 0 Å². The molecule has 2 heterocycles. The summed E-state index contributed by atoms with van der Waals surface area (Å²) >= 11 is 0. The second-order valence-electron chi connectivity index (χ2n) is 4.78.